The minimum atomic E-state index is -0.695. The maximum atomic E-state index is 12.9. The van der Waals surface area contributed by atoms with Crippen LogP contribution in [0.25, 0.3) is 0 Å². The lowest BCUT2D eigenvalue weighted by Crippen LogP contribution is -2.33. The Balaban J connectivity index is 1.44. The molecule has 1 aliphatic carbocycles. The molecular weight excluding hydrogens is 289 g/mol. The van der Waals surface area contributed by atoms with Crippen molar-refractivity contribution in [2.24, 2.45) is 11.8 Å². The Kier molecular flexibility index (Phi) is 3.96. The molecule has 1 N–H and O–H groups in total. The van der Waals surface area contributed by atoms with Gasteiger partial charge in [-0.05, 0) is 36.6 Å². The van der Waals surface area contributed by atoms with Gasteiger partial charge in [0.05, 0.1) is 0 Å². The van der Waals surface area contributed by atoms with Gasteiger partial charge >= 0.3 is 0 Å². The molecule has 0 aromatic heterocycles. The average Bonchev–Trinajstić information content (AvgIpc) is 3.18. The lowest BCUT2D eigenvalue weighted by molar-refractivity contribution is -0.497. The number of halogens is 1. The van der Waals surface area contributed by atoms with Gasteiger partial charge in [-0.25, -0.2) is 4.39 Å². The van der Waals surface area contributed by atoms with Crippen molar-refractivity contribution in [2.75, 3.05) is 24.5 Å². The Hall–Kier alpha value is -2.18. The molecule has 1 aromatic rings. The van der Waals surface area contributed by atoms with E-state index >= 15 is 0 Å². The molecule has 1 heterocycles. The van der Waals surface area contributed by atoms with Gasteiger partial charge in [0.25, 0.3) is 0 Å². The molecule has 6 nitrogen and oxygen atoms in total. The van der Waals surface area contributed by atoms with E-state index in [-0.39, 0.29) is 16.6 Å². The van der Waals surface area contributed by atoms with E-state index in [4.69, 9.17) is 0 Å². The molecule has 2 aliphatic rings. The Morgan fingerprint density at radius 2 is 2.14 bits per heavy atom. The van der Waals surface area contributed by atoms with Crippen LogP contribution in [0.1, 0.15) is 12.8 Å². The van der Waals surface area contributed by atoms with Gasteiger partial charge < -0.3 is 10.2 Å². The summed E-state index contributed by atoms with van der Waals surface area (Å²) in [6, 6.07) is 5.69. The molecular formula is C15H18FN3O3. The second-order valence-corrected chi connectivity index (χ2v) is 6.02. The fraction of sp³-hybridized carbons (Fsp3) is 0.533. The summed E-state index contributed by atoms with van der Waals surface area (Å²) in [7, 11) is 0. The Morgan fingerprint density at radius 3 is 2.77 bits per heavy atom. The van der Waals surface area contributed by atoms with Crippen LogP contribution in [-0.2, 0) is 4.79 Å². The van der Waals surface area contributed by atoms with Crippen molar-refractivity contribution >= 4 is 11.6 Å². The zero-order valence-electron chi connectivity index (χ0n) is 12.1. The van der Waals surface area contributed by atoms with E-state index in [1.807, 2.05) is 0 Å². The molecule has 1 amide bonds. The minimum Gasteiger partial charge on any atom is -0.371 e. The Bertz CT molecular complexity index is 578. The summed E-state index contributed by atoms with van der Waals surface area (Å²) in [5, 5.41) is 13.4. The van der Waals surface area contributed by atoms with Crippen molar-refractivity contribution < 1.29 is 14.1 Å². The largest absolute Gasteiger partial charge is 0.371 e. The second-order valence-electron chi connectivity index (χ2n) is 6.02. The van der Waals surface area contributed by atoms with Gasteiger partial charge in [-0.2, -0.15) is 0 Å². The number of nitrogens with zero attached hydrogens (tertiary/aromatic N) is 2. The number of nitrogens with one attached hydrogen (secondary N) is 1. The van der Waals surface area contributed by atoms with Crippen LogP contribution >= 0.6 is 0 Å². The fourth-order valence-corrected chi connectivity index (χ4v) is 2.96. The lowest BCUT2D eigenvalue weighted by atomic mass is 10.1. The number of hydrogen-bond donors (Lipinski definition) is 1. The smallest absolute Gasteiger partial charge is 0.230 e. The third-order valence-corrected chi connectivity index (χ3v) is 4.41. The number of carbonyl (C=O) groups excluding carboxylic acids is 1. The topological polar surface area (TPSA) is 75.5 Å². The first-order valence-electron chi connectivity index (χ1n) is 7.46. The van der Waals surface area contributed by atoms with Crippen molar-refractivity contribution in [1.29, 1.82) is 0 Å². The summed E-state index contributed by atoms with van der Waals surface area (Å²) in [5.74, 6) is -0.593. The van der Waals surface area contributed by atoms with Crippen molar-refractivity contribution in [3.63, 3.8) is 0 Å². The second kappa shape index (κ2) is 5.90. The van der Waals surface area contributed by atoms with Crippen LogP contribution in [0.2, 0.25) is 0 Å². The zero-order valence-corrected chi connectivity index (χ0v) is 12.1. The molecule has 0 unspecified atom stereocenters. The molecule has 0 radical (unpaired) electrons. The highest BCUT2D eigenvalue weighted by atomic mass is 19.1. The van der Waals surface area contributed by atoms with Crippen LogP contribution in [0.5, 0.6) is 0 Å². The molecule has 0 bridgehead atoms. The van der Waals surface area contributed by atoms with Crippen LogP contribution in [-0.4, -0.2) is 36.5 Å². The lowest BCUT2D eigenvalue weighted by Gasteiger charge is -2.18. The molecule has 1 saturated heterocycles. The third kappa shape index (κ3) is 3.18. The first kappa shape index (κ1) is 14.7. The van der Waals surface area contributed by atoms with E-state index in [1.165, 1.54) is 12.1 Å². The van der Waals surface area contributed by atoms with Crippen molar-refractivity contribution in [3.05, 3.63) is 40.2 Å². The van der Waals surface area contributed by atoms with Gasteiger partial charge in [0.15, 0.2) is 0 Å². The molecule has 3 rings (SSSR count). The first-order chi connectivity index (χ1) is 10.5. The number of carbonyl (C=O) groups is 1. The van der Waals surface area contributed by atoms with E-state index in [2.05, 4.69) is 10.2 Å². The molecule has 7 heteroatoms. The third-order valence-electron chi connectivity index (χ3n) is 4.41. The Morgan fingerprint density at radius 1 is 1.41 bits per heavy atom. The molecule has 1 saturated carbocycles. The van der Waals surface area contributed by atoms with Crippen molar-refractivity contribution in [1.82, 2.24) is 5.32 Å². The number of amides is 1. The molecule has 2 fully saturated rings. The molecule has 1 aliphatic heterocycles. The van der Waals surface area contributed by atoms with Crippen LogP contribution in [0, 0.1) is 27.8 Å². The van der Waals surface area contributed by atoms with Crippen molar-refractivity contribution in [3.8, 4) is 0 Å². The Labute approximate surface area is 127 Å². The molecule has 3 atom stereocenters. The number of hydrogen-bond acceptors (Lipinski definition) is 4. The molecule has 1 aromatic carbocycles. The molecule has 22 heavy (non-hydrogen) atoms. The van der Waals surface area contributed by atoms with Gasteiger partial charge in [0, 0.05) is 36.7 Å². The van der Waals surface area contributed by atoms with Gasteiger partial charge in [-0.1, -0.05) is 0 Å². The maximum absolute atomic E-state index is 12.9. The van der Waals surface area contributed by atoms with Crippen LogP contribution in [0.15, 0.2) is 24.3 Å². The summed E-state index contributed by atoms with van der Waals surface area (Å²) >= 11 is 0. The zero-order chi connectivity index (χ0) is 15.7. The summed E-state index contributed by atoms with van der Waals surface area (Å²) < 4.78 is 12.9. The van der Waals surface area contributed by atoms with E-state index < -0.39 is 12.0 Å². The number of benzene rings is 1. The predicted octanol–water partition coefficient (Wildman–Crippen LogP) is 1.43. The van der Waals surface area contributed by atoms with E-state index in [0.717, 1.165) is 25.2 Å². The van der Waals surface area contributed by atoms with Gasteiger partial charge in [-0.3, -0.25) is 14.9 Å². The average molecular weight is 307 g/mol. The number of nitro groups is 1. The van der Waals surface area contributed by atoms with E-state index in [9.17, 15) is 19.3 Å². The predicted molar refractivity (Wildman–Crippen MR) is 78.6 cm³/mol. The summed E-state index contributed by atoms with van der Waals surface area (Å²) in [4.78, 5) is 24.1. The summed E-state index contributed by atoms with van der Waals surface area (Å²) in [6.07, 6.45) is 1.30. The SMILES string of the molecule is O=C(NC[C@@H]1CCN(c2ccc(F)cc2)C1)[C@@H]1C[C@H]1[N+](=O)[O-]. The maximum Gasteiger partial charge on any atom is 0.230 e. The van der Waals surface area contributed by atoms with Gasteiger partial charge in [0.1, 0.15) is 11.7 Å². The fourth-order valence-electron chi connectivity index (χ4n) is 2.96. The van der Waals surface area contributed by atoms with Crippen LogP contribution < -0.4 is 10.2 Å². The quantitative estimate of drug-likeness (QED) is 0.659. The van der Waals surface area contributed by atoms with E-state index in [1.54, 1.807) is 12.1 Å². The number of anilines is 1. The van der Waals surface area contributed by atoms with Crippen LogP contribution in [0.3, 0.4) is 0 Å². The van der Waals surface area contributed by atoms with Gasteiger partial charge in [-0.15, -0.1) is 0 Å². The van der Waals surface area contributed by atoms with Gasteiger partial charge in [0.2, 0.25) is 11.9 Å². The standard InChI is InChI=1S/C15H18FN3O3/c16-11-1-3-12(4-2-11)18-6-5-10(9-18)8-17-15(20)13-7-14(13)19(21)22/h1-4,10,13-14H,5-9H2,(H,17,20)/t10-,13+,14+/m0/s1. The summed E-state index contributed by atoms with van der Waals surface area (Å²) in [6.45, 7) is 2.21. The van der Waals surface area contributed by atoms with E-state index in [0.29, 0.717) is 18.9 Å². The summed E-state index contributed by atoms with van der Waals surface area (Å²) in [5.41, 5.74) is 0.978. The van der Waals surface area contributed by atoms with Crippen LogP contribution in [0.4, 0.5) is 10.1 Å². The monoisotopic (exact) mass is 307 g/mol. The minimum absolute atomic E-state index is 0.207. The first-order valence-corrected chi connectivity index (χ1v) is 7.46. The highest BCUT2D eigenvalue weighted by Gasteiger charge is 2.53. The highest BCUT2D eigenvalue weighted by Crippen LogP contribution is 2.33. The molecule has 0 spiro atoms. The highest BCUT2D eigenvalue weighted by molar-refractivity contribution is 5.81. The normalized spacial score (nSPS) is 26.8. The molecule has 118 valence electrons. The van der Waals surface area contributed by atoms with Crippen molar-refractivity contribution in [2.45, 2.75) is 18.9 Å². The number of rotatable bonds is 5.